The number of amides is 2. The molecule has 6 aromatic rings. The van der Waals surface area contributed by atoms with Crippen molar-refractivity contribution in [2.24, 2.45) is 0 Å². The second kappa shape index (κ2) is 22.7. The number of esters is 2. The zero-order chi connectivity index (χ0) is 52.0. The first kappa shape index (κ1) is 52.8. The molecule has 2 amide bonds. The Morgan fingerprint density at radius 1 is 0.589 bits per heavy atom. The molecule has 4 aromatic carbocycles. The Labute approximate surface area is 435 Å². The van der Waals surface area contributed by atoms with Gasteiger partial charge in [-0.15, -0.1) is 11.6 Å². The van der Waals surface area contributed by atoms with Crippen molar-refractivity contribution in [3.05, 3.63) is 154 Å². The molecule has 10 rings (SSSR count). The van der Waals surface area contributed by atoms with Crippen molar-refractivity contribution in [2.75, 3.05) is 39.3 Å². The molecule has 0 atom stereocenters. The number of carbonyl (C=O) groups is 4. The minimum atomic E-state index is -0.460. The Kier molecular flexibility index (Phi) is 16.5. The van der Waals surface area contributed by atoms with Crippen LogP contribution in [0.5, 0.6) is 0 Å². The molecule has 4 aliphatic rings. The van der Waals surface area contributed by atoms with Crippen LogP contribution in [-0.2, 0) is 42.3 Å². The molecule has 13 heteroatoms. The average Bonchev–Trinajstić information content (AvgIpc) is 4.21. The number of carbonyl (C=O) groups excluding carboxylic acids is 4. The highest BCUT2D eigenvalue weighted by Crippen LogP contribution is 2.42. The molecular formula is C60H71ClN6O6. The van der Waals surface area contributed by atoms with Gasteiger partial charge in [-0.2, -0.15) is 0 Å². The van der Waals surface area contributed by atoms with Crippen LogP contribution >= 0.6 is 11.6 Å². The van der Waals surface area contributed by atoms with E-state index in [1.54, 1.807) is 34.3 Å². The van der Waals surface area contributed by atoms with Gasteiger partial charge in [-0.1, -0.05) is 88.4 Å². The van der Waals surface area contributed by atoms with Crippen molar-refractivity contribution in [2.45, 2.75) is 117 Å². The highest BCUT2D eigenvalue weighted by molar-refractivity contribution is 6.20. The van der Waals surface area contributed by atoms with Crippen LogP contribution in [0.25, 0.3) is 33.0 Å². The van der Waals surface area contributed by atoms with E-state index < -0.39 is 22.8 Å². The van der Waals surface area contributed by atoms with Crippen LogP contribution in [0.1, 0.15) is 135 Å². The molecule has 0 bridgehead atoms. The van der Waals surface area contributed by atoms with E-state index in [-0.39, 0.29) is 24.0 Å². The summed E-state index contributed by atoms with van der Waals surface area (Å²) in [6, 6.07) is 31.2. The first-order valence-corrected chi connectivity index (χ1v) is 26.3. The molecule has 0 spiro atoms. The van der Waals surface area contributed by atoms with Crippen molar-refractivity contribution in [1.29, 1.82) is 0 Å². The van der Waals surface area contributed by atoms with Gasteiger partial charge in [0.1, 0.15) is 0 Å². The van der Waals surface area contributed by atoms with Crippen molar-refractivity contribution < 1.29 is 28.7 Å². The van der Waals surface area contributed by atoms with Crippen LogP contribution in [0.4, 0.5) is 0 Å². The number of aromatic nitrogens is 2. The number of rotatable bonds is 9. The number of nitrogens with zero attached hydrogens (tertiary/aromatic N) is 3. The second-order valence-electron chi connectivity index (χ2n) is 21.4. The Bertz CT molecular complexity index is 3030. The maximum absolute atomic E-state index is 13.9. The number of para-hydroxylation sites is 2. The summed E-state index contributed by atoms with van der Waals surface area (Å²) in [6.07, 6.45) is 8.00. The van der Waals surface area contributed by atoms with Gasteiger partial charge in [-0.3, -0.25) is 14.5 Å². The smallest absolute Gasteiger partial charge is 0.342 e. The third kappa shape index (κ3) is 12.2. The molecule has 0 saturated carbocycles. The van der Waals surface area contributed by atoms with Gasteiger partial charge in [0.2, 0.25) is 0 Å². The van der Waals surface area contributed by atoms with E-state index in [0.29, 0.717) is 46.9 Å². The topological polar surface area (TPSA) is 140 Å². The number of hydrogen-bond donors (Lipinski definition) is 3. The molecule has 0 aliphatic carbocycles. The SMILES string of the molecule is C1CCNC1.CC(C)OC(=O)C1=CN(C(=O)c2cccc(CCl)c2)CC(C)(C)c2c1[nH]c1ccccc21.CC(C)OC(=O)C1=CN(C(=O)c2cccc(CN3CCCC3)c2)CC(C)(C)c2c1[nH]c1ccccc21. The number of halogens is 1. The Morgan fingerprint density at radius 2 is 1.03 bits per heavy atom. The largest absolute Gasteiger partial charge is 0.459 e. The van der Waals surface area contributed by atoms with E-state index in [9.17, 15) is 19.2 Å². The minimum absolute atomic E-state index is 0.115. The molecule has 4 aliphatic heterocycles. The predicted molar refractivity (Wildman–Crippen MR) is 292 cm³/mol. The van der Waals surface area contributed by atoms with E-state index in [1.165, 1.54) is 38.8 Å². The first-order chi connectivity index (χ1) is 34.9. The fourth-order valence-electron chi connectivity index (χ4n) is 10.5. The summed E-state index contributed by atoms with van der Waals surface area (Å²) in [4.78, 5) is 66.4. The lowest BCUT2D eigenvalue weighted by atomic mass is 9.81. The van der Waals surface area contributed by atoms with E-state index in [0.717, 1.165) is 69.4 Å². The number of fused-ring (bicyclic) bond motifs is 6. The van der Waals surface area contributed by atoms with Gasteiger partial charge in [-0.05, 0) is 138 Å². The standard InChI is InChI=1S/C30H35N3O3.C26H27ClN2O3.C4H9N/c1-20(2)36-29(35)24-18-33(19-30(3,4)26-23-12-5-6-13-25(23)31-27(24)26)28(34)22-11-9-10-21(16-22)17-32-14-7-8-15-32;1-16(2)32-25(31)20-14-29(24(30)18-9-7-8-17(12-18)13-27)15-26(3,4)22-19-10-5-6-11-21(19)28-23(20)22;1-2-4-5-3-1/h5-6,9-13,16,18,20,31H,7-8,14-15,17,19H2,1-4H3;5-12,14,16,28H,13,15H2,1-4H3;5H,1-4H2. The number of hydrogen-bond acceptors (Lipinski definition) is 8. The molecule has 2 saturated heterocycles. The van der Waals surface area contributed by atoms with Gasteiger partial charge in [0, 0.05) is 81.7 Å². The molecule has 0 radical (unpaired) electrons. The van der Waals surface area contributed by atoms with Crippen molar-refractivity contribution >= 4 is 68.3 Å². The zero-order valence-corrected chi connectivity index (χ0v) is 44.5. The summed E-state index contributed by atoms with van der Waals surface area (Å²) >= 11 is 5.97. The number of H-pyrrole nitrogens is 2. The van der Waals surface area contributed by atoms with E-state index in [1.807, 2.05) is 100 Å². The highest BCUT2D eigenvalue weighted by Gasteiger charge is 2.39. The lowest BCUT2D eigenvalue weighted by Crippen LogP contribution is -2.37. The average molecular weight is 1010 g/mol. The maximum atomic E-state index is 13.9. The van der Waals surface area contributed by atoms with Crippen LogP contribution in [0.3, 0.4) is 0 Å². The summed E-state index contributed by atoms with van der Waals surface area (Å²) in [5.74, 6) is -0.871. The Morgan fingerprint density at radius 3 is 1.45 bits per heavy atom. The van der Waals surface area contributed by atoms with Crippen molar-refractivity contribution in [3.8, 4) is 0 Å². The van der Waals surface area contributed by atoms with Crippen LogP contribution in [0.15, 0.2) is 109 Å². The monoisotopic (exact) mass is 1010 g/mol. The van der Waals surface area contributed by atoms with Gasteiger partial charge < -0.3 is 34.6 Å². The fourth-order valence-corrected chi connectivity index (χ4v) is 10.7. The molecule has 2 fully saturated rings. The number of nitrogens with one attached hydrogen (secondary N) is 3. The van der Waals surface area contributed by atoms with Crippen LogP contribution in [0, 0.1) is 0 Å². The van der Waals surface area contributed by atoms with E-state index in [2.05, 4.69) is 60.0 Å². The maximum Gasteiger partial charge on any atom is 0.342 e. The van der Waals surface area contributed by atoms with Crippen LogP contribution in [-0.4, -0.2) is 99.9 Å². The van der Waals surface area contributed by atoms with Gasteiger partial charge in [0.15, 0.2) is 0 Å². The molecule has 0 unspecified atom stereocenters. The Hall–Kier alpha value is -6.47. The van der Waals surface area contributed by atoms with Crippen molar-refractivity contribution in [3.63, 3.8) is 0 Å². The lowest BCUT2D eigenvalue weighted by molar-refractivity contribution is -0.141. The molecule has 2 aromatic heterocycles. The lowest BCUT2D eigenvalue weighted by Gasteiger charge is -2.30. The summed E-state index contributed by atoms with van der Waals surface area (Å²) in [5.41, 5.74) is 8.43. The number of aromatic amines is 2. The van der Waals surface area contributed by atoms with Crippen LogP contribution < -0.4 is 5.32 Å². The second-order valence-corrected chi connectivity index (χ2v) is 21.7. The molecular weight excluding hydrogens is 936 g/mol. The third-order valence-corrected chi connectivity index (χ3v) is 14.0. The van der Waals surface area contributed by atoms with E-state index >= 15 is 0 Å². The van der Waals surface area contributed by atoms with E-state index in [4.69, 9.17) is 21.1 Å². The molecule has 6 heterocycles. The molecule has 12 nitrogen and oxygen atoms in total. The number of likely N-dealkylation sites (tertiary alicyclic amines) is 1. The Balaban J connectivity index is 0.000000179. The third-order valence-electron chi connectivity index (χ3n) is 13.7. The van der Waals surface area contributed by atoms with Crippen molar-refractivity contribution in [1.82, 2.24) is 30.0 Å². The van der Waals surface area contributed by atoms with Gasteiger partial charge in [-0.25, -0.2) is 9.59 Å². The zero-order valence-electron chi connectivity index (χ0n) is 43.7. The highest BCUT2D eigenvalue weighted by atomic mass is 35.5. The normalized spacial score (nSPS) is 17.1. The fraction of sp³-hybridized carbons (Fsp3) is 0.400. The molecule has 3 N–H and O–H groups in total. The van der Waals surface area contributed by atoms with Gasteiger partial charge >= 0.3 is 11.9 Å². The first-order valence-electron chi connectivity index (χ1n) is 25.8. The predicted octanol–water partition coefficient (Wildman–Crippen LogP) is 11.5. The summed E-state index contributed by atoms with van der Waals surface area (Å²) < 4.78 is 11.2. The number of ether oxygens (including phenoxy) is 2. The molecule has 384 valence electrons. The summed E-state index contributed by atoms with van der Waals surface area (Å²) in [7, 11) is 0. The summed E-state index contributed by atoms with van der Waals surface area (Å²) in [6.45, 7) is 22.1. The number of alkyl halides is 1. The quantitative estimate of drug-likeness (QED) is 0.0961. The molecule has 73 heavy (non-hydrogen) atoms. The van der Waals surface area contributed by atoms with Gasteiger partial charge in [0.05, 0.1) is 34.7 Å². The summed E-state index contributed by atoms with van der Waals surface area (Å²) in [5, 5.41) is 5.32. The van der Waals surface area contributed by atoms with Crippen LogP contribution in [0.2, 0.25) is 0 Å². The minimum Gasteiger partial charge on any atom is -0.459 e. The van der Waals surface area contributed by atoms with Gasteiger partial charge in [0.25, 0.3) is 11.8 Å². The number of benzene rings is 4.